The number of nitrogens with one attached hydrogen (secondary N) is 1. The molecule has 0 spiro atoms. The molecular weight excluding hydrogens is 445 g/mol. The molecule has 1 aliphatic rings. The standard InChI is InChI=1S/C16H22INO5S/c17-4-5-21-6-7-22-8-9-23-10-11-24(20)15-3-1-2-13-14(15)12-18-16(13)19/h1-3H,4-12H2,(H,18,19). The van der Waals surface area contributed by atoms with E-state index in [1.807, 2.05) is 6.07 Å². The van der Waals surface area contributed by atoms with Crippen molar-refractivity contribution in [1.82, 2.24) is 5.32 Å². The smallest absolute Gasteiger partial charge is 0.251 e. The van der Waals surface area contributed by atoms with Crippen molar-refractivity contribution in [2.45, 2.75) is 11.4 Å². The summed E-state index contributed by atoms with van der Waals surface area (Å²) >= 11 is 2.26. The van der Waals surface area contributed by atoms with E-state index >= 15 is 0 Å². The van der Waals surface area contributed by atoms with E-state index in [9.17, 15) is 9.00 Å². The van der Waals surface area contributed by atoms with Crippen molar-refractivity contribution in [3.05, 3.63) is 29.3 Å². The fourth-order valence-corrected chi connectivity index (χ4v) is 3.77. The van der Waals surface area contributed by atoms with Gasteiger partial charge in [-0.15, -0.1) is 0 Å². The lowest BCUT2D eigenvalue weighted by molar-refractivity contribution is 0.0207. The number of carbonyl (C=O) groups is 1. The maximum Gasteiger partial charge on any atom is 0.251 e. The third-order valence-corrected chi connectivity index (χ3v) is 5.28. The van der Waals surface area contributed by atoms with Gasteiger partial charge in [0, 0.05) is 27.0 Å². The van der Waals surface area contributed by atoms with Gasteiger partial charge in [-0.2, -0.15) is 0 Å². The average molecular weight is 467 g/mol. The van der Waals surface area contributed by atoms with Crippen LogP contribution in [0.2, 0.25) is 0 Å². The number of carbonyl (C=O) groups excluding carboxylic acids is 1. The first-order valence-corrected chi connectivity index (χ1v) is 10.7. The minimum Gasteiger partial charge on any atom is -0.378 e. The van der Waals surface area contributed by atoms with Crippen LogP contribution in [0.15, 0.2) is 23.1 Å². The summed E-state index contributed by atoms with van der Waals surface area (Å²) in [7, 11) is -1.17. The van der Waals surface area contributed by atoms with Crippen molar-refractivity contribution in [3.63, 3.8) is 0 Å². The number of benzene rings is 1. The maximum absolute atomic E-state index is 12.4. The first-order chi connectivity index (χ1) is 11.7. The third-order valence-electron chi connectivity index (χ3n) is 3.43. The molecule has 134 valence electrons. The van der Waals surface area contributed by atoms with Crippen LogP contribution in [-0.2, 0) is 31.6 Å². The Bertz CT molecular complexity index is 569. The first-order valence-electron chi connectivity index (χ1n) is 7.81. The van der Waals surface area contributed by atoms with Gasteiger partial charge in [-0.25, -0.2) is 0 Å². The number of halogens is 1. The number of rotatable bonds is 12. The van der Waals surface area contributed by atoms with Gasteiger partial charge in [-0.3, -0.25) is 9.00 Å². The van der Waals surface area contributed by atoms with Gasteiger partial charge in [0.2, 0.25) is 0 Å². The topological polar surface area (TPSA) is 73.9 Å². The molecule has 1 aliphatic heterocycles. The lowest BCUT2D eigenvalue weighted by Crippen LogP contribution is -2.13. The van der Waals surface area contributed by atoms with E-state index in [1.165, 1.54) is 0 Å². The summed E-state index contributed by atoms with van der Waals surface area (Å²) in [5, 5.41) is 2.76. The van der Waals surface area contributed by atoms with Crippen molar-refractivity contribution in [2.75, 3.05) is 49.8 Å². The van der Waals surface area contributed by atoms with Crippen LogP contribution in [0.25, 0.3) is 0 Å². The highest BCUT2D eigenvalue weighted by atomic mass is 127. The van der Waals surface area contributed by atoms with Crippen LogP contribution in [0.1, 0.15) is 15.9 Å². The van der Waals surface area contributed by atoms with Gasteiger partial charge in [-0.05, 0) is 12.1 Å². The number of alkyl halides is 1. The normalized spacial score (nSPS) is 14.5. The van der Waals surface area contributed by atoms with Crippen LogP contribution >= 0.6 is 22.6 Å². The zero-order valence-corrected chi connectivity index (χ0v) is 16.4. The van der Waals surface area contributed by atoms with Crippen molar-refractivity contribution >= 4 is 39.3 Å². The Kier molecular flexibility index (Phi) is 9.18. The zero-order valence-electron chi connectivity index (χ0n) is 13.4. The van der Waals surface area contributed by atoms with Gasteiger partial charge in [0.15, 0.2) is 0 Å². The largest absolute Gasteiger partial charge is 0.378 e. The fraction of sp³-hybridized carbons (Fsp3) is 0.562. The van der Waals surface area contributed by atoms with Crippen LogP contribution in [0, 0.1) is 0 Å². The molecule has 0 fully saturated rings. The maximum atomic E-state index is 12.4. The predicted octanol–water partition coefficient (Wildman–Crippen LogP) is 1.52. The highest BCUT2D eigenvalue weighted by Gasteiger charge is 2.23. The number of hydrogen-bond donors (Lipinski definition) is 1. The molecule has 0 saturated carbocycles. The van der Waals surface area contributed by atoms with Crippen molar-refractivity contribution in [1.29, 1.82) is 0 Å². The highest BCUT2D eigenvalue weighted by molar-refractivity contribution is 14.1. The molecule has 1 N–H and O–H groups in total. The summed E-state index contributed by atoms with van der Waals surface area (Å²) in [6, 6.07) is 5.34. The van der Waals surface area contributed by atoms with E-state index in [4.69, 9.17) is 14.2 Å². The summed E-state index contributed by atoms with van der Waals surface area (Å²) in [5.74, 6) is 0.309. The Balaban J connectivity index is 1.60. The molecule has 2 rings (SSSR count). The molecular formula is C16H22INO5S. The van der Waals surface area contributed by atoms with E-state index in [1.54, 1.807) is 12.1 Å². The summed E-state index contributed by atoms with van der Waals surface area (Å²) in [5.41, 5.74) is 1.47. The average Bonchev–Trinajstić information content (AvgIpc) is 2.98. The molecule has 24 heavy (non-hydrogen) atoms. The van der Waals surface area contributed by atoms with Gasteiger partial charge in [-0.1, -0.05) is 28.7 Å². The van der Waals surface area contributed by atoms with Crippen LogP contribution in [0.4, 0.5) is 0 Å². The monoisotopic (exact) mass is 467 g/mol. The molecule has 1 unspecified atom stereocenters. The Morgan fingerprint density at radius 2 is 1.71 bits per heavy atom. The van der Waals surface area contributed by atoms with Gasteiger partial charge in [0.1, 0.15) is 0 Å². The molecule has 1 aromatic carbocycles. The molecule has 1 amide bonds. The van der Waals surface area contributed by atoms with Gasteiger partial charge < -0.3 is 19.5 Å². The lowest BCUT2D eigenvalue weighted by atomic mass is 10.1. The summed E-state index contributed by atoms with van der Waals surface area (Å²) in [6.07, 6.45) is 0. The van der Waals surface area contributed by atoms with Crippen LogP contribution < -0.4 is 5.32 Å². The minimum atomic E-state index is -1.17. The Morgan fingerprint density at radius 1 is 1.04 bits per heavy atom. The second-order valence-electron chi connectivity index (χ2n) is 5.04. The first kappa shape index (κ1) is 19.8. The highest BCUT2D eigenvalue weighted by Crippen LogP contribution is 2.22. The molecule has 6 nitrogen and oxygen atoms in total. The van der Waals surface area contributed by atoms with E-state index in [2.05, 4.69) is 27.9 Å². The SMILES string of the molecule is O=C1NCc2c1cccc2S(=O)CCOCCOCCOCCI. The van der Waals surface area contributed by atoms with Gasteiger partial charge >= 0.3 is 0 Å². The number of amides is 1. The van der Waals surface area contributed by atoms with E-state index in [0.717, 1.165) is 21.5 Å². The minimum absolute atomic E-state index is 0.0975. The molecule has 0 saturated heterocycles. The molecule has 8 heteroatoms. The molecule has 0 radical (unpaired) electrons. The lowest BCUT2D eigenvalue weighted by Gasteiger charge is -2.08. The second-order valence-corrected chi connectivity index (χ2v) is 7.66. The molecule has 1 heterocycles. The van der Waals surface area contributed by atoms with E-state index < -0.39 is 10.8 Å². The van der Waals surface area contributed by atoms with Gasteiger partial charge in [0.25, 0.3) is 5.91 Å². The number of fused-ring (bicyclic) bond motifs is 1. The van der Waals surface area contributed by atoms with Crippen molar-refractivity contribution in [3.8, 4) is 0 Å². The molecule has 0 aromatic heterocycles. The zero-order chi connectivity index (χ0) is 17.2. The molecule has 1 atom stereocenters. The van der Waals surface area contributed by atoms with Crippen LogP contribution in [-0.4, -0.2) is 59.9 Å². The fourth-order valence-electron chi connectivity index (χ4n) is 2.28. The molecule has 1 aromatic rings. The Morgan fingerprint density at radius 3 is 2.42 bits per heavy atom. The summed E-state index contributed by atoms with van der Waals surface area (Å²) < 4.78 is 29.5. The van der Waals surface area contributed by atoms with Crippen LogP contribution in [0.5, 0.6) is 0 Å². The van der Waals surface area contributed by atoms with Crippen molar-refractivity contribution < 1.29 is 23.2 Å². The third kappa shape index (κ3) is 6.07. The van der Waals surface area contributed by atoms with E-state index in [-0.39, 0.29) is 5.91 Å². The van der Waals surface area contributed by atoms with Crippen LogP contribution in [0.3, 0.4) is 0 Å². The van der Waals surface area contributed by atoms with Crippen molar-refractivity contribution in [2.24, 2.45) is 0 Å². The number of hydrogen-bond acceptors (Lipinski definition) is 5. The quantitative estimate of drug-likeness (QED) is 0.287. The predicted molar refractivity (Wildman–Crippen MR) is 100 cm³/mol. The Hall–Kier alpha value is -0.550. The van der Waals surface area contributed by atoms with E-state index in [0.29, 0.717) is 50.9 Å². The molecule has 0 bridgehead atoms. The molecule has 0 aliphatic carbocycles. The summed E-state index contributed by atoms with van der Waals surface area (Å²) in [6.45, 7) is 3.71. The summed E-state index contributed by atoms with van der Waals surface area (Å²) in [4.78, 5) is 12.3. The Labute approximate surface area is 158 Å². The van der Waals surface area contributed by atoms with Gasteiger partial charge in [0.05, 0.1) is 56.2 Å². The second kappa shape index (κ2) is 11.1. The number of ether oxygens (including phenoxy) is 3.